The van der Waals surface area contributed by atoms with E-state index in [4.69, 9.17) is 5.73 Å². The molecule has 6 heteroatoms. The average Bonchev–Trinajstić information content (AvgIpc) is 2.33. The first-order valence-corrected chi connectivity index (χ1v) is 5.41. The topological polar surface area (TPSA) is 52.3 Å². The van der Waals surface area contributed by atoms with Crippen molar-refractivity contribution in [2.45, 2.75) is 25.1 Å². The molecule has 0 radical (unpaired) electrons. The van der Waals surface area contributed by atoms with Crippen LogP contribution in [-0.2, 0) is 16.0 Å². The van der Waals surface area contributed by atoms with Crippen LogP contribution in [0.25, 0.3) is 0 Å². The van der Waals surface area contributed by atoms with E-state index in [1.807, 2.05) is 30.3 Å². The first-order valence-electron chi connectivity index (χ1n) is 5.41. The predicted molar refractivity (Wildman–Crippen MR) is 59.8 cm³/mol. The lowest BCUT2D eigenvalue weighted by Crippen LogP contribution is -2.35. The van der Waals surface area contributed by atoms with Crippen molar-refractivity contribution in [3.05, 3.63) is 35.9 Å². The van der Waals surface area contributed by atoms with Crippen LogP contribution in [0.1, 0.15) is 12.0 Å². The van der Waals surface area contributed by atoms with Crippen LogP contribution in [0.4, 0.5) is 13.2 Å². The lowest BCUT2D eigenvalue weighted by Gasteiger charge is -2.12. The molecule has 0 saturated heterocycles. The number of rotatable bonds is 5. The van der Waals surface area contributed by atoms with Gasteiger partial charge in [-0.15, -0.1) is 0 Å². The summed E-state index contributed by atoms with van der Waals surface area (Å²) in [4.78, 5) is 11.2. The number of carbonyl (C=O) groups is 1. The number of alkyl halides is 3. The number of hydrogen-bond donors (Lipinski definition) is 1. The van der Waals surface area contributed by atoms with E-state index in [-0.39, 0.29) is 6.42 Å². The van der Waals surface area contributed by atoms with Gasteiger partial charge in [-0.05, 0) is 18.4 Å². The van der Waals surface area contributed by atoms with Gasteiger partial charge in [0.1, 0.15) is 6.04 Å². The van der Waals surface area contributed by atoms with E-state index >= 15 is 0 Å². The molecule has 0 bridgehead atoms. The third kappa shape index (κ3) is 5.67. The normalized spacial score (nSPS) is 13.1. The second kappa shape index (κ2) is 6.39. The van der Waals surface area contributed by atoms with Gasteiger partial charge in [0.25, 0.3) is 0 Å². The van der Waals surface area contributed by atoms with Crippen molar-refractivity contribution in [1.29, 1.82) is 0 Å². The summed E-state index contributed by atoms with van der Waals surface area (Å²) in [6.07, 6.45) is -3.75. The van der Waals surface area contributed by atoms with Crippen molar-refractivity contribution in [2.24, 2.45) is 5.73 Å². The Balaban J connectivity index is 2.32. The van der Waals surface area contributed by atoms with Gasteiger partial charge in [0.05, 0.1) is 0 Å². The fraction of sp³-hybridized carbons (Fsp3) is 0.417. The molecule has 0 heterocycles. The summed E-state index contributed by atoms with van der Waals surface area (Å²) in [5.74, 6) is -1.02. The van der Waals surface area contributed by atoms with Crippen molar-refractivity contribution < 1.29 is 22.7 Å². The molecule has 0 aromatic heterocycles. The molecule has 1 atom stereocenters. The second-order valence-corrected chi connectivity index (χ2v) is 3.85. The van der Waals surface area contributed by atoms with Crippen LogP contribution >= 0.6 is 0 Å². The molecule has 100 valence electrons. The third-order valence-electron chi connectivity index (χ3n) is 2.27. The molecule has 0 aliphatic heterocycles. The van der Waals surface area contributed by atoms with Crippen molar-refractivity contribution in [3.8, 4) is 0 Å². The Hall–Kier alpha value is -1.56. The molecule has 2 N–H and O–H groups in total. The molecule has 0 unspecified atom stereocenters. The zero-order valence-corrected chi connectivity index (χ0v) is 9.61. The van der Waals surface area contributed by atoms with E-state index in [0.29, 0.717) is 6.42 Å². The Morgan fingerprint density at radius 3 is 2.44 bits per heavy atom. The molecule has 0 spiro atoms. The van der Waals surface area contributed by atoms with Gasteiger partial charge < -0.3 is 10.5 Å². The number of benzene rings is 1. The van der Waals surface area contributed by atoms with Crippen LogP contribution in [0.15, 0.2) is 30.3 Å². The zero-order chi connectivity index (χ0) is 13.6. The van der Waals surface area contributed by atoms with Crippen molar-refractivity contribution in [2.75, 3.05) is 6.61 Å². The smallest absolute Gasteiger partial charge is 0.422 e. The van der Waals surface area contributed by atoms with Gasteiger partial charge in [0, 0.05) is 0 Å². The molecule has 0 aliphatic carbocycles. The van der Waals surface area contributed by atoms with Crippen molar-refractivity contribution in [3.63, 3.8) is 0 Å². The number of carbonyl (C=O) groups excluding carboxylic acids is 1. The molecule has 0 amide bonds. The summed E-state index contributed by atoms with van der Waals surface area (Å²) in [7, 11) is 0. The number of halogens is 3. The highest BCUT2D eigenvalue weighted by Crippen LogP contribution is 2.15. The number of ether oxygens (including phenoxy) is 1. The first kappa shape index (κ1) is 14.5. The van der Waals surface area contributed by atoms with E-state index in [1.54, 1.807) is 0 Å². The zero-order valence-electron chi connectivity index (χ0n) is 9.61. The van der Waals surface area contributed by atoms with E-state index in [1.165, 1.54) is 0 Å². The SMILES string of the molecule is N[C@@H](CCc1ccccc1)C(=O)OCC(F)(F)F. The van der Waals surface area contributed by atoms with Gasteiger partial charge in [-0.2, -0.15) is 13.2 Å². The molecular weight excluding hydrogens is 247 g/mol. The van der Waals surface area contributed by atoms with Crippen LogP contribution in [0.2, 0.25) is 0 Å². The monoisotopic (exact) mass is 261 g/mol. The van der Waals surface area contributed by atoms with Gasteiger partial charge in [-0.3, -0.25) is 4.79 Å². The first-order chi connectivity index (χ1) is 8.38. The average molecular weight is 261 g/mol. The highest BCUT2D eigenvalue weighted by atomic mass is 19.4. The fourth-order valence-corrected chi connectivity index (χ4v) is 1.34. The highest BCUT2D eigenvalue weighted by molar-refractivity contribution is 5.75. The maximum Gasteiger partial charge on any atom is 0.422 e. The minimum absolute atomic E-state index is 0.251. The molecule has 0 saturated carbocycles. The third-order valence-corrected chi connectivity index (χ3v) is 2.27. The standard InChI is InChI=1S/C12H14F3NO2/c13-12(14,15)8-18-11(17)10(16)7-6-9-4-2-1-3-5-9/h1-5,10H,6-8,16H2/t10-/m0/s1. The lowest BCUT2D eigenvalue weighted by atomic mass is 10.1. The molecule has 1 aromatic carbocycles. The van der Waals surface area contributed by atoms with Gasteiger partial charge in [-0.1, -0.05) is 30.3 Å². The molecule has 3 nitrogen and oxygen atoms in total. The largest absolute Gasteiger partial charge is 0.455 e. The number of esters is 1. The molecule has 0 aliphatic rings. The maximum atomic E-state index is 11.8. The molecular formula is C12H14F3NO2. The van der Waals surface area contributed by atoms with Gasteiger partial charge in [-0.25, -0.2) is 0 Å². The quantitative estimate of drug-likeness (QED) is 0.825. The predicted octanol–water partition coefficient (Wildman–Crippen LogP) is 2.05. The summed E-state index contributed by atoms with van der Waals surface area (Å²) in [5.41, 5.74) is 6.42. The van der Waals surface area contributed by atoms with E-state index in [0.717, 1.165) is 5.56 Å². The van der Waals surface area contributed by atoms with Crippen LogP contribution in [0.3, 0.4) is 0 Å². The van der Waals surface area contributed by atoms with Crippen LogP contribution in [0.5, 0.6) is 0 Å². The van der Waals surface area contributed by atoms with Crippen LogP contribution in [0, 0.1) is 0 Å². The molecule has 1 aromatic rings. The van der Waals surface area contributed by atoms with Gasteiger partial charge >= 0.3 is 12.1 Å². The minimum Gasteiger partial charge on any atom is -0.455 e. The summed E-state index contributed by atoms with van der Waals surface area (Å²) < 4.78 is 39.5. The Labute approximate surface area is 103 Å². The van der Waals surface area contributed by atoms with Gasteiger partial charge in [0.2, 0.25) is 0 Å². The summed E-state index contributed by atoms with van der Waals surface area (Å²) >= 11 is 0. The molecule has 0 fully saturated rings. The number of hydrogen-bond acceptors (Lipinski definition) is 3. The second-order valence-electron chi connectivity index (χ2n) is 3.85. The minimum atomic E-state index is -4.52. The molecule has 1 rings (SSSR count). The Morgan fingerprint density at radius 1 is 1.28 bits per heavy atom. The fourth-order valence-electron chi connectivity index (χ4n) is 1.34. The highest BCUT2D eigenvalue weighted by Gasteiger charge is 2.30. The maximum absolute atomic E-state index is 11.8. The van der Waals surface area contributed by atoms with E-state index in [9.17, 15) is 18.0 Å². The Kier molecular flexibility index (Phi) is 5.15. The summed E-state index contributed by atoms with van der Waals surface area (Å²) in [6, 6.07) is 8.20. The van der Waals surface area contributed by atoms with Gasteiger partial charge in [0.15, 0.2) is 6.61 Å². The number of aryl methyl sites for hydroxylation is 1. The van der Waals surface area contributed by atoms with E-state index < -0.39 is 24.8 Å². The Morgan fingerprint density at radius 2 is 1.89 bits per heavy atom. The van der Waals surface area contributed by atoms with Crippen molar-refractivity contribution in [1.82, 2.24) is 0 Å². The lowest BCUT2D eigenvalue weighted by molar-refractivity contribution is -0.187. The molecule has 18 heavy (non-hydrogen) atoms. The number of nitrogens with two attached hydrogens (primary N) is 1. The van der Waals surface area contributed by atoms with Crippen molar-refractivity contribution >= 4 is 5.97 Å². The van der Waals surface area contributed by atoms with E-state index in [2.05, 4.69) is 4.74 Å². The summed E-state index contributed by atoms with van der Waals surface area (Å²) in [6.45, 7) is -1.59. The van der Waals surface area contributed by atoms with Crippen LogP contribution in [-0.4, -0.2) is 24.8 Å². The Bertz CT molecular complexity index is 379. The summed E-state index contributed by atoms with van der Waals surface area (Å²) in [5, 5.41) is 0. The van der Waals surface area contributed by atoms with Crippen LogP contribution < -0.4 is 5.73 Å².